The van der Waals surface area contributed by atoms with Crippen LogP contribution in [0.15, 0.2) is 85.2 Å². The van der Waals surface area contributed by atoms with E-state index in [9.17, 15) is 0 Å². The molecule has 0 fully saturated rings. The minimum Gasteiger partial charge on any atom is -0.496 e. The van der Waals surface area contributed by atoms with Gasteiger partial charge in [0.1, 0.15) is 23.6 Å². The Bertz CT molecular complexity index is 1170. The van der Waals surface area contributed by atoms with E-state index in [4.69, 9.17) is 9.47 Å². The Morgan fingerprint density at radius 3 is 2.34 bits per heavy atom. The van der Waals surface area contributed by atoms with Gasteiger partial charge in [-0.1, -0.05) is 42.5 Å². The second-order valence-corrected chi connectivity index (χ2v) is 7.23. The second kappa shape index (κ2) is 10.4. The lowest BCUT2D eigenvalue weighted by Gasteiger charge is -2.13. The maximum absolute atomic E-state index is 5.55. The van der Waals surface area contributed by atoms with Crippen LogP contribution < -0.4 is 20.1 Å². The average molecular weight is 427 g/mol. The van der Waals surface area contributed by atoms with Crippen LogP contribution >= 0.6 is 0 Å². The minimum absolute atomic E-state index is 0.684. The third kappa shape index (κ3) is 5.22. The fourth-order valence-corrected chi connectivity index (χ4v) is 3.51. The number of para-hydroxylation sites is 1. The van der Waals surface area contributed by atoms with Crippen LogP contribution in [-0.4, -0.2) is 24.2 Å². The van der Waals surface area contributed by atoms with Crippen LogP contribution in [0, 0.1) is 0 Å². The summed E-state index contributed by atoms with van der Waals surface area (Å²) < 4.78 is 11.0. The molecule has 0 saturated heterocycles. The summed E-state index contributed by atoms with van der Waals surface area (Å²) >= 11 is 0. The molecule has 4 rings (SSSR count). The van der Waals surface area contributed by atoms with Crippen molar-refractivity contribution in [3.63, 3.8) is 0 Å². The third-order valence-electron chi connectivity index (χ3n) is 5.09. The normalized spacial score (nSPS) is 10.6. The molecule has 0 aliphatic rings. The molecule has 6 heteroatoms. The number of ether oxygens (including phenoxy) is 2. The molecule has 0 aliphatic carbocycles. The number of nitrogens with zero attached hydrogens (tertiary/aromatic N) is 2. The molecule has 162 valence electrons. The van der Waals surface area contributed by atoms with Crippen LogP contribution in [0.2, 0.25) is 0 Å². The summed E-state index contributed by atoms with van der Waals surface area (Å²) in [6.45, 7) is 1.47. The van der Waals surface area contributed by atoms with Gasteiger partial charge in [0.2, 0.25) is 0 Å². The second-order valence-electron chi connectivity index (χ2n) is 7.23. The molecule has 2 N–H and O–H groups in total. The fraction of sp³-hybridized carbons (Fsp3) is 0.154. The molecule has 0 amide bonds. The molecule has 0 bridgehead atoms. The lowest BCUT2D eigenvalue weighted by atomic mass is 10.1. The monoisotopic (exact) mass is 426 g/mol. The van der Waals surface area contributed by atoms with E-state index in [0.29, 0.717) is 12.4 Å². The number of aromatic nitrogens is 2. The van der Waals surface area contributed by atoms with Crippen molar-refractivity contribution in [2.45, 2.75) is 13.1 Å². The summed E-state index contributed by atoms with van der Waals surface area (Å²) in [5, 5.41) is 6.86. The van der Waals surface area contributed by atoms with Gasteiger partial charge in [0, 0.05) is 36.0 Å². The number of nitrogens with one attached hydrogen (secondary N) is 2. The van der Waals surface area contributed by atoms with Gasteiger partial charge >= 0.3 is 0 Å². The Hall–Kier alpha value is -3.90. The van der Waals surface area contributed by atoms with Crippen LogP contribution in [0.25, 0.3) is 11.3 Å². The first-order chi connectivity index (χ1) is 15.8. The zero-order chi connectivity index (χ0) is 22.2. The maximum atomic E-state index is 5.55. The Balaban J connectivity index is 1.50. The van der Waals surface area contributed by atoms with Gasteiger partial charge in [-0.3, -0.25) is 0 Å². The SMILES string of the molecule is COc1ccc(Nc2cc(-c3ccccc3OC)ncn2)cc1CNCc1ccccc1. The van der Waals surface area contributed by atoms with E-state index in [1.54, 1.807) is 20.5 Å². The number of hydrogen-bond acceptors (Lipinski definition) is 6. The van der Waals surface area contributed by atoms with Gasteiger partial charge in [-0.2, -0.15) is 0 Å². The Kier molecular flexibility index (Phi) is 6.94. The van der Waals surface area contributed by atoms with Gasteiger partial charge in [0.05, 0.1) is 19.9 Å². The first-order valence-electron chi connectivity index (χ1n) is 10.4. The highest BCUT2D eigenvalue weighted by Crippen LogP contribution is 2.30. The van der Waals surface area contributed by atoms with Crippen molar-refractivity contribution in [1.29, 1.82) is 0 Å². The zero-order valence-corrected chi connectivity index (χ0v) is 18.2. The van der Waals surface area contributed by atoms with Gasteiger partial charge in [-0.05, 0) is 35.9 Å². The summed E-state index contributed by atoms with van der Waals surface area (Å²) in [5.74, 6) is 2.32. The van der Waals surface area contributed by atoms with Crippen LogP contribution in [0.1, 0.15) is 11.1 Å². The standard InChI is InChI=1S/C26H26N4O2/c1-31-24-13-12-21(14-20(24)17-27-16-19-8-4-3-5-9-19)30-26-15-23(28-18-29-26)22-10-6-7-11-25(22)32-2/h3-15,18,27H,16-17H2,1-2H3,(H,28,29,30). The molecule has 0 saturated carbocycles. The Morgan fingerprint density at radius 2 is 1.53 bits per heavy atom. The summed E-state index contributed by atoms with van der Waals surface area (Å²) in [7, 11) is 3.34. The molecule has 32 heavy (non-hydrogen) atoms. The van der Waals surface area contributed by atoms with E-state index in [1.807, 2.05) is 60.7 Å². The molecule has 1 heterocycles. The van der Waals surface area contributed by atoms with Crippen molar-refractivity contribution in [2.24, 2.45) is 0 Å². The Labute approximate surface area is 188 Å². The van der Waals surface area contributed by atoms with E-state index >= 15 is 0 Å². The number of hydrogen-bond donors (Lipinski definition) is 2. The molecular formula is C26H26N4O2. The Morgan fingerprint density at radius 1 is 0.750 bits per heavy atom. The van der Waals surface area contributed by atoms with Gasteiger partial charge in [-0.25, -0.2) is 9.97 Å². The maximum Gasteiger partial charge on any atom is 0.134 e. The molecule has 1 aromatic heterocycles. The lowest BCUT2D eigenvalue weighted by molar-refractivity contribution is 0.407. The summed E-state index contributed by atoms with van der Waals surface area (Å²) in [5.41, 5.74) is 4.93. The number of rotatable bonds is 9. The fourth-order valence-electron chi connectivity index (χ4n) is 3.51. The van der Waals surface area contributed by atoms with Crippen molar-refractivity contribution >= 4 is 11.5 Å². The summed E-state index contributed by atoms with van der Waals surface area (Å²) in [4.78, 5) is 8.79. The van der Waals surface area contributed by atoms with Gasteiger partial charge in [0.25, 0.3) is 0 Å². The molecule has 3 aromatic carbocycles. The average Bonchev–Trinajstić information content (AvgIpc) is 2.85. The summed E-state index contributed by atoms with van der Waals surface area (Å²) in [6.07, 6.45) is 1.55. The van der Waals surface area contributed by atoms with E-state index in [0.717, 1.165) is 40.6 Å². The predicted octanol–water partition coefficient (Wildman–Crippen LogP) is 5.19. The molecule has 0 aliphatic heterocycles. The van der Waals surface area contributed by atoms with Crippen LogP contribution in [0.3, 0.4) is 0 Å². The molecule has 0 spiro atoms. The van der Waals surface area contributed by atoms with Gasteiger partial charge in [-0.15, -0.1) is 0 Å². The van der Waals surface area contributed by atoms with Crippen molar-refractivity contribution in [2.75, 3.05) is 19.5 Å². The highest BCUT2D eigenvalue weighted by Gasteiger charge is 2.09. The first kappa shape index (κ1) is 21.3. The molecule has 0 radical (unpaired) electrons. The van der Waals surface area contributed by atoms with Crippen LogP contribution in [0.5, 0.6) is 11.5 Å². The van der Waals surface area contributed by atoms with Crippen LogP contribution in [0.4, 0.5) is 11.5 Å². The van der Waals surface area contributed by atoms with Crippen molar-refractivity contribution in [3.05, 3.63) is 96.3 Å². The van der Waals surface area contributed by atoms with Crippen molar-refractivity contribution in [3.8, 4) is 22.8 Å². The number of methoxy groups -OCH3 is 2. The number of anilines is 2. The predicted molar refractivity (Wildman–Crippen MR) is 127 cm³/mol. The smallest absolute Gasteiger partial charge is 0.134 e. The molecule has 6 nitrogen and oxygen atoms in total. The molecule has 0 unspecified atom stereocenters. The zero-order valence-electron chi connectivity index (χ0n) is 18.2. The first-order valence-corrected chi connectivity index (χ1v) is 10.4. The van der Waals surface area contributed by atoms with Crippen LogP contribution in [-0.2, 0) is 13.1 Å². The minimum atomic E-state index is 0.684. The lowest BCUT2D eigenvalue weighted by Crippen LogP contribution is -2.13. The van der Waals surface area contributed by atoms with Crippen molar-refractivity contribution < 1.29 is 9.47 Å². The third-order valence-corrected chi connectivity index (χ3v) is 5.09. The molecule has 0 atom stereocenters. The molecular weight excluding hydrogens is 400 g/mol. The van der Waals surface area contributed by atoms with E-state index in [1.165, 1.54) is 5.56 Å². The molecule has 4 aromatic rings. The van der Waals surface area contributed by atoms with Gasteiger partial charge in [0.15, 0.2) is 0 Å². The van der Waals surface area contributed by atoms with Gasteiger partial charge < -0.3 is 20.1 Å². The van der Waals surface area contributed by atoms with E-state index < -0.39 is 0 Å². The van der Waals surface area contributed by atoms with Crippen molar-refractivity contribution in [1.82, 2.24) is 15.3 Å². The largest absolute Gasteiger partial charge is 0.496 e. The quantitative estimate of drug-likeness (QED) is 0.384. The van der Waals surface area contributed by atoms with E-state index in [-0.39, 0.29) is 0 Å². The number of benzene rings is 3. The van der Waals surface area contributed by atoms with E-state index in [2.05, 4.69) is 38.8 Å². The highest BCUT2D eigenvalue weighted by atomic mass is 16.5. The highest BCUT2D eigenvalue weighted by molar-refractivity contribution is 5.70. The topological polar surface area (TPSA) is 68.3 Å². The summed E-state index contributed by atoms with van der Waals surface area (Å²) in [6, 6.07) is 26.1.